The van der Waals surface area contributed by atoms with E-state index in [0.29, 0.717) is 19.5 Å². The van der Waals surface area contributed by atoms with Crippen molar-refractivity contribution in [2.24, 2.45) is 0 Å². The van der Waals surface area contributed by atoms with E-state index in [2.05, 4.69) is 26.3 Å². The molecule has 0 fully saturated rings. The number of aryl methyl sites for hydroxylation is 2. The molecule has 0 atom stereocenters. The van der Waals surface area contributed by atoms with Crippen molar-refractivity contribution in [2.75, 3.05) is 0 Å². The first kappa shape index (κ1) is 12.9. The SMILES string of the molecule is Cc1nn(CCC(=O)NCc2ccco2)cc1Br. The standard InChI is InChI=1S/C12H14BrN3O2/c1-9-11(13)8-16(15-9)5-4-12(17)14-7-10-3-2-6-18-10/h2-3,6,8H,4-5,7H2,1H3,(H,14,17). The molecule has 0 unspecified atom stereocenters. The Morgan fingerprint density at radius 1 is 1.61 bits per heavy atom. The van der Waals surface area contributed by atoms with Crippen LogP contribution in [0, 0.1) is 6.92 Å². The van der Waals surface area contributed by atoms with E-state index in [9.17, 15) is 4.79 Å². The number of aromatic nitrogens is 2. The molecule has 2 heterocycles. The van der Waals surface area contributed by atoms with Crippen LogP contribution in [0.2, 0.25) is 0 Å². The Morgan fingerprint density at radius 3 is 3.06 bits per heavy atom. The van der Waals surface area contributed by atoms with E-state index in [-0.39, 0.29) is 5.91 Å². The van der Waals surface area contributed by atoms with Gasteiger partial charge in [-0.1, -0.05) is 0 Å². The van der Waals surface area contributed by atoms with Gasteiger partial charge in [-0.3, -0.25) is 9.48 Å². The molecule has 0 spiro atoms. The average Bonchev–Trinajstić information content (AvgIpc) is 2.95. The van der Waals surface area contributed by atoms with Crippen LogP contribution in [0.1, 0.15) is 17.9 Å². The van der Waals surface area contributed by atoms with E-state index in [0.717, 1.165) is 15.9 Å². The third-order valence-electron chi connectivity index (χ3n) is 2.49. The molecule has 0 saturated carbocycles. The fourth-order valence-corrected chi connectivity index (χ4v) is 1.83. The lowest BCUT2D eigenvalue weighted by atomic mass is 10.3. The molecule has 0 aromatic carbocycles. The number of carbonyl (C=O) groups excluding carboxylic acids is 1. The minimum Gasteiger partial charge on any atom is -0.467 e. The van der Waals surface area contributed by atoms with Gasteiger partial charge in [0.1, 0.15) is 5.76 Å². The monoisotopic (exact) mass is 311 g/mol. The summed E-state index contributed by atoms with van der Waals surface area (Å²) in [5.74, 6) is 0.733. The van der Waals surface area contributed by atoms with Crippen LogP contribution < -0.4 is 5.32 Å². The maximum absolute atomic E-state index is 11.6. The van der Waals surface area contributed by atoms with E-state index in [1.807, 2.05) is 19.2 Å². The summed E-state index contributed by atoms with van der Waals surface area (Å²) in [6.07, 6.45) is 3.86. The molecule has 5 nitrogen and oxygen atoms in total. The first-order chi connectivity index (χ1) is 8.65. The van der Waals surface area contributed by atoms with Crippen LogP contribution in [0.4, 0.5) is 0 Å². The van der Waals surface area contributed by atoms with E-state index in [1.165, 1.54) is 0 Å². The summed E-state index contributed by atoms with van der Waals surface area (Å²) in [6, 6.07) is 3.62. The van der Waals surface area contributed by atoms with Gasteiger partial charge in [0.15, 0.2) is 0 Å². The third kappa shape index (κ3) is 3.46. The highest BCUT2D eigenvalue weighted by Gasteiger charge is 2.05. The van der Waals surface area contributed by atoms with E-state index in [4.69, 9.17) is 4.42 Å². The minimum absolute atomic E-state index is 0.0179. The van der Waals surface area contributed by atoms with Gasteiger partial charge in [0.25, 0.3) is 0 Å². The minimum atomic E-state index is -0.0179. The Balaban J connectivity index is 1.74. The summed E-state index contributed by atoms with van der Waals surface area (Å²) < 4.78 is 7.84. The van der Waals surface area contributed by atoms with Gasteiger partial charge in [-0.2, -0.15) is 5.10 Å². The topological polar surface area (TPSA) is 60.1 Å². The fourth-order valence-electron chi connectivity index (χ4n) is 1.51. The van der Waals surface area contributed by atoms with Gasteiger partial charge in [0, 0.05) is 19.2 Å². The quantitative estimate of drug-likeness (QED) is 0.921. The number of nitrogens with one attached hydrogen (secondary N) is 1. The van der Waals surface area contributed by atoms with Gasteiger partial charge in [-0.15, -0.1) is 0 Å². The van der Waals surface area contributed by atoms with Gasteiger partial charge < -0.3 is 9.73 Å². The van der Waals surface area contributed by atoms with Crippen LogP contribution >= 0.6 is 15.9 Å². The second-order valence-corrected chi connectivity index (χ2v) is 4.79. The molecule has 0 saturated heterocycles. The molecule has 0 aliphatic carbocycles. The van der Waals surface area contributed by atoms with Crippen LogP contribution in [0.25, 0.3) is 0 Å². The second kappa shape index (κ2) is 5.86. The first-order valence-corrected chi connectivity index (χ1v) is 6.43. The Hall–Kier alpha value is -1.56. The van der Waals surface area contributed by atoms with Gasteiger partial charge in [0.2, 0.25) is 5.91 Å². The number of rotatable bonds is 5. The molecule has 6 heteroatoms. The lowest BCUT2D eigenvalue weighted by Gasteiger charge is -2.03. The number of hydrogen-bond donors (Lipinski definition) is 1. The number of nitrogens with zero attached hydrogens (tertiary/aromatic N) is 2. The zero-order valence-electron chi connectivity index (χ0n) is 10.0. The molecule has 0 bridgehead atoms. The van der Waals surface area contributed by atoms with Gasteiger partial charge in [-0.25, -0.2) is 0 Å². The molecular formula is C12H14BrN3O2. The number of amides is 1. The highest BCUT2D eigenvalue weighted by Crippen LogP contribution is 2.13. The summed E-state index contributed by atoms with van der Waals surface area (Å²) in [5, 5.41) is 7.05. The summed E-state index contributed by atoms with van der Waals surface area (Å²) in [5.41, 5.74) is 0.922. The summed E-state index contributed by atoms with van der Waals surface area (Å²) in [4.78, 5) is 11.6. The van der Waals surface area contributed by atoms with Crippen molar-refractivity contribution < 1.29 is 9.21 Å². The molecule has 0 radical (unpaired) electrons. The Bertz CT molecular complexity index is 500. The first-order valence-electron chi connectivity index (χ1n) is 5.64. The van der Waals surface area contributed by atoms with Crippen molar-refractivity contribution in [1.82, 2.24) is 15.1 Å². The van der Waals surface area contributed by atoms with Crippen LogP contribution in [-0.2, 0) is 17.9 Å². The predicted octanol–water partition coefficient (Wildman–Crippen LogP) is 2.25. The third-order valence-corrected chi connectivity index (χ3v) is 3.27. The highest BCUT2D eigenvalue weighted by atomic mass is 79.9. The lowest BCUT2D eigenvalue weighted by Crippen LogP contribution is -2.23. The van der Waals surface area contributed by atoms with Gasteiger partial charge in [0.05, 0.1) is 23.0 Å². The molecule has 2 aromatic rings. The van der Waals surface area contributed by atoms with E-state index in [1.54, 1.807) is 17.0 Å². The zero-order chi connectivity index (χ0) is 13.0. The van der Waals surface area contributed by atoms with Gasteiger partial charge >= 0.3 is 0 Å². The van der Waals surface area contributed by atoms with Crippen molar-refractivity contribution in [3.8, 4) is 0 Å². The van der Waals surface area contributed by atoms with Crippen molar-refractivity contribution in [1.29, 1.82) is 0 Å². The molecule has 0 aliphatic rings. The number of furan rings is 1. The van der Waals surface area contributed by atoms with Crippen LogP contribution in [0.5, 0.6) is 0 Å². The van der Waals surface area contributed by atoms with Crippen molar-refractivity contribution in [3.05, 3.63) is 40.5 Å². The summed E-state index contributed by atoms with van der Waals surface area (Å²) in [7, 11) is 0. The maximum Gasteiger partial charge on any atom is 0.222 e. The molecule has 2 rings (SSSR count). The summed E-state index contributed by atoms with van der Waals surface area (Å²) >= 11 is 3.38. The smallest absolute Gasteiger partial charge is 0.222 e. The molecular weight excluding hydrogens is 298 g/mol. The summed E-state index contributed by atoms with van der Waals surface area (Å²) in [6.45, 7) is 2.90. The van der Waals surface area contributed by atoms with Crippen LogP contribution in [-0.4, -0.2) is 15.7 Å². The van der Waals surface area contributed by atoms with E-state index >= 15 is 0 Å². The lowest BCUT2D eigenvalue weighted by molar-refractivity contribution is -0.121. The highest BCUT2D eigenvalue weighted by molar-refractivity contribution is 9.10. The van der Waals surface area contributed by atoms with E-state index < -0.39 is 0 Å². The maximum atomic E-state index is 11.6. The predicted molar refractivity (Wildman–Crippen MR) is 69.8 cm³/mol. The fraction of sp³-hybridized carbons (Fsp3) is 0.333. The van der Waals surface area contributed by atoms with Gasteiger partial charge in [-0.05, 0) is 35.0 Å². The Kier molecular flexibility index (Phi) is 4.19. The van der Waals surface area contributed by atoms with Crippen LogP contribution in [0.15, 0.2) is 33.5 Å². The number of hydrogen-bond acceptors (Lipinski definition) is 3. The number of halogens is 1. The average molecular weight is 312 g/mol. The molecule has 1 N–H and O–H groups in total. The van der Waals surface area contributed by atoms with Crippen molar-refractivity contribution >= 4 is 21.8 Å². The Morgan fingerprint density at radius 2 is 2.44 bits per heavy atom. The molecule has 0 aliphatic heterocycles. The zero-order valence-corrected chi connectivity index (χ0v) is 11.6. The molecule has 96 valence electrons. The van der Waals surface area contributed by atoms with Crippen molar-refractivity contribution in [3.63, 3.8) is 0 Å². The normalized spacial score (nSPS) is 10.6. The Labute approximate surface area is 113 Å². The van der Waals surface area contributed by atoms with Crippen LogP contribution in [0.3, 0.4) is 0 Å². The largest absolute Gasteiger partial charge is 0.467 e. The number of carbonyl (C=O) groups is 1. The van der Waals surface area contributed by atoms with Crippen molar-refractivity contribution in [2.45, 2.75) is 26.4 Å². The molecule has 1 amide bonds. The molecule has 18 heavy (non-hydrogen) atoms. The molecule has 2 aromatic heterocycles. The second-order valence-electron chi connectivity index (χ2n) is 3.93.